The normalized spacial score (nSPS) is 18.0. The van der Waals surface area contributed by atoms with E-state index in [4.69, 9.17) is 4.74 Å². The lowest BCUT2D eigenvalue weighted by atomic mass is 9.73. The maximum atomic E-state index is 13.5. The van der Waals surface area contributed by atoms with E-state index in [0.717, 1.165) is 44.8 Å². The zero-order chi connectivity index (χ0) is 25.4. The Morgan fingerprint density at radius 1 is 1.05 bits per heavy atom. The van der Waals surface area contributed by atoms with Gasteiger partial charge in [0.05, 0.1) is 11.9 Å². The average Bonchev–Trinajstić information content (AvgIpc) is 3.72. The van der Waals surface area contributed by atoms with Crippen molar-refractivity contribution in [3.63, 3.8) is 0 Å². The third kappa shape index (κ3) is 4.71. The van der Waals surface area contributed by atoms with E-state index in [2.05, 4.69) is 30.3 Å². The van der Waals surface area contributed by atoms with Crippen molar-refractivity contribution in [3.8, 4) is 11.4 Å². The van der Waals surface area contributed by atoms with Crippen molar-refractivity contribution < 1.29 is 18.3 Å². The third-order valence-corrected chi connectivity index (χ3v) is 7.10. The predicted molar refractivity (Wildman–Crippen MR) is 135 cm³/mol. The summed E-state index contributed by atoms with van der Waals surface area (Å²) in [5.74, 6) is 0.587. The zero-order valence-electron chi connectivity index (χ0n) is 20.2. The number of alkyl halides is 2. The van der Waals surface area contributed by atoms with Gasteiger partial charge in [0.25, 0.3) is 6.43 Å². The minimum Gasteiger partial charge on any atom is -0.381 e. The fraction of sp³-hybridized carbons (Fsp3) is 0.423. The van der Waals surface area contributed by atoms with Crippen LogP contribution in [-0.2, 0) is 9.53 Å². The van der Waals surface area contributed by atoms with E-state index in [9.17, 15) is 13.6 Å². The summed E-state index contributed by atoms with van der Waals surface area (Å²) in [4.78, 5) is 25.7. The molecule has 1 amide bonds. The number of anilines is 2. The summed E-state index contributed by atoms with van der Waals surface area (Å²) in [5, 5.41) is 7.68. The van der Waals surface area contributed by atoms with Crippen LogP contribution in [0.2, 0.25) is 0 Å². The van der Waals surface area contributed by atoms with Gasteiger partial charge in [-0.25, -0.2) is 23.3 Å². The molecule has 2 saturated heterocycles. The van der Waals surface area contributed by atoms with Crippen molar-refractivity contribution >= 4 is 34.3 Å². The molecule has 0 radical (unpaired) electrons. The smallest absolute Gasteiger partial charge is 0.281 e. The number of pyridine rings is 3. The third-order valence-electron chi connectivity index (χ3n) is 7.10. The standard InChI is InChI=1S/C23H21F2N7O2.C3H6/c24-21(25)20-16-8-26-18(28-13-33)7-15(16)17(9-27-20)22-29-19-2-1-14(10-32(19)30-22)31-11-23(12-31)3-5-34-6-4-23;1-2-3-1/h1-2,7-10,13,21H,3-6,11-12H2,(H,26,28,33);1-3H2. The Labute approximate surface area is 211 Å². The average molecular weight is 508 g/mol. The van der Waals surface area contributed by atoms with Crippen LogP contribution in [0.5, 0.6) is 0 Å². The van der Waals surface area contributed by atoms with E-state index in [-0.39, 0.29) is 16.9 Å². The first kappa shape index (κ1) is 23.7. The molecule has 4 aromatic heterocycles. The van der Waals surface area contributed by atoms with Crippen molar-refractivity contribution in [3.05, 3.63) is 42.5 Å². The van der Waals surface area contributed by atoms with Crippen LogP contribution in [0.15, 0.2) is 36.8 Å². The minimum absolute atomic E-state index is 0.186. The maximum absolute atomic E-state index is 13.5. The zero-order valence-corrected chi connectivity index (χ0v) is 20.2. The Hall–Kier alpha value is -3.73. The van der Waals surface area contributed by atoms with E-state index in [1.807, 2.05) is 18.3 Å². The topological polar surface area (TPSA) is 97.5 Å². The first-order valence-corrected chi connectivity index (χ1v) is 12.5. The summed E-state index contributed by atoms with van der Waals surface area (Å²) in [5.41, 5.74) is 2.13. The summed E-state index contributed by atoms with van der Waals surface area (Å²) in [7, 11) is 0. The number of amides is 1. The molecular weight excluding hydrogens is 480 g/mol. The highest BCUT2D eigenvalue weighted by molar-refractivity contribution is 5.97. The Bertz CT molecular complexity index is 1440. The van der Waals surface area contributed by atoms with Crippen molar-refractivity contribution in [2.75, 3.05) is 36.5 Å². The molecule has 0 atom stereocenters. The molecular formula is C26H27F2N7O2. The summed E-state index contributed by atoms with van der Waals surface area (Å²) in [6, 6.07) is 5.44. The first-order valence-electron chi connectivity index (χ1n) is 12.5. The highest BCUT2D eigenvalue weighted by Gasteiger charge is 2.44. The fourth-order valence-corrected chi connectivity index (χ4v) is 4.89. The van der Waals surface area contributed by atoms with Gasteiger partial charge in [0.2, 0.25) is 6.41 Å². The van der Waals surface area contributed by atoms with Crippen LogP contribution in [0.4, 0.5) is 20.3 Å². The molecule has 4 aromatic rings. The first-order chi connectivity index (χ1) is 18.0. The summed E-state index contributed by atoms with van der Waals surface area (Å²) >= 11 is 0. The lowest BCUT2D eigenvalue weighted by Crippen LogP contribution is -2.58. The number of nitrogens with one attached hydrogen (secondary N) is 1. The molecule has 11 heteroatoms. The lowest BCUT2D eigenvalue weighted by Gasteiger charge is -2.53. The van der Waals surface area contributed by atoms with Crippen molar-refractivity contribution in [2.24, 2.45) is 5.41 Å². The number of rotatable bonds is 5. The number of carbonyl (C=O) groups is 1. The van der Waals surface area contributed by atoms with Gasteiger partial charge in [0.1, 0.15) is 11.5 Å². The Balaban J connectivity index is 0.000000785. The van der Waals surface area contributed by atoms with Crippen LogP contribution in [0, 0.1) is 5.41 Å². The van der Waals surface area contributed by atoms with Crippen LogP contribution in [0.1, 0.15) is 44.2 Å². The molecule has 2 aliphatic heterocycles. The van der Waals surface area contributed by atoms with Gasteiger partial charge in [-0.05, 0) is 31.0 Å². The molecule has 1 saturated carbocycles. The molecule has 192 valence electrons. The lowest BCUT2D eigenvalue weighted by molar-refractivity contribution is -0.105. The second kappa shape index (κ2) is 9.62. The quantitative estimate of drug-likeness (QED) is 0.393. The van der Waals surface area contributed by atoms with Gasteiger partial charge in [0, 0.05) is 60.4 Å². The fourth-order valence-electron chi connectivity index (χ4n) is 4.89. The highest BCUT2D eigenvalue weighted by Crippen LogP contribution is 2.42. The maximum Gasteiger partial charge on any atom is 0.281 e. The second-order valence-corrected chi connectivity index (χ2v) is 9.89. The summed E-state index contributed by atoms with van der Waals surface area (Å²) in [6.07, 6.45) is 8.94. The van der Waals surface area contributed by atoms with E-state index >= 15 is 0 Å². The van der Waals surface area contributed by atoms with Gasteiger partial charge in [-0.1, -0.05) is 19.3 Å². The van der Waals surface area contributed by atoms with Gasteiger partial charge in [-0.3, -0.25) is 9.78 Å². The van der Waals surface area contributed by atoms with Crippen molar-refractivity contribution in [1.29, 1.82) is 0 Å². The van der Waals surface area contributed by atoms with E-state index in [1.54, 1.807) is 4.52 Å². The van der Waals surface area contributed by atoms with Gasteiger partial charge < -0.3 is 15.0 Å². The molecule has 7 rings (SSSR count). The number of aromatic nitrogens is 5. The number of hydrogen-bond donors (Lipinski definition) is 1. The van der Waals surface area contributed by atoms with Crippen LogP contribution in [-0.4, -0.2) is 57.3 Å². The highest BCUT2D eigenvalue weighted by atomic mass is 19.3. The monoisotopic (exact) mass is 507 g/mol. The van der Waals surface area contributed by atoms with E-state index in [1.165, 1.54) is 37.7 Å². The summed E-state index contributed by atoms with van der Waals surface area (Å²) < 4.78 is 34.3. The Kier molecular flexibility index (Phi) is 6.15. The number of fused-ring (bicyclic) bond motifs is 2. The van der Waals surface area contributed by atoms with Crippen LogP contribution < -0.4 is 10.2 Å². The number of hydrogen-bond acceptors (Lipinski definition) is 7. The molecule has 6 heterocycles. The second-order valence-electron chi connectivity index (χ2n) is 9.89. The van der Waals surface area contributed by atoms with Gasteiger partial charge in [-0.15, -0.1) is 5.10 Å². The molecule has 1 N–H and O–H groups in total. The van der Waals surface area contributed by atoms with Crippen LogP contribution in [0.25, 0.3) is 27.8 Å². The molecule has 1 spiro atoms. The number of nitrogens with zero attached hydrogens (tertiary/aromatic N) is 6. The molecule has 9 nitrogen and oxygen atoms in total. The number of halogens is 2. The molecule has 0 bridgehead atoms. The molecule has 1 aliphatic carbocycles. The van der Waals surface area contributed by atoms with Gasteiger partial charge >= 0.3 is 0 Å². The molecule has 3 aliphatic rings. The minimum atomic E-state index is -2.77. The van der Waals surface area contributed by atoms with E-state index in [0.29, 0.717) is 34.2 Å². The number of carbonyl (C=O) groups excluding carboxylic acids is 1. The Morgan fingerprint density at radius 3 is 2.54 bits per heavy atom. The SMILES string of the molecule is C1CC1.O=CNc1cc2c(-c3nc4ccc(N5CC6(CCOCC6)C5)cn4n3)cnc(C(F)F)c2cn1. The van der Waals surface area contributed by atoms with Gasteiger partial charge in [0.15, 0.2) is 11.5 Å². The molecule has 0 unspecified atom stereocenters. The largest absolute Gasteiger partial charge is 0.381 e. The number of ether oxygens (including phenoxy) is 1. The van der Waals surface area contributed by atoms with Crippen molar-refractivity contribution in [1.82, 2.24) is 24.6 Å². The van der Waals surface area contributed by atoms with Crippen LogP contribution in [0.3, 0.4) is 0 Å². The Morgan fingerprint density at radius 2 is 1.84 bits per heavy atom. The van der Waals surface area contributed by atoms with E-state index < -0.39 is 6.43 Å². The molecule has 0 aromatic carbocycles. The predicted octanol–water partition coefficient (Wildman–Crippen LogP) is 4.63. The summed E-state index contributed by atoms with van der Waals surface area (Å²) in [6.45, 7) is 3.63. The molecule has 37 heavy (non-hydrogen) atoms. The van der Waals surface area contributed by atoms with Crippen LogP contribution >= 0.6 is 0 Å². The molecule has 3 fully saturated rings. The van der Waals surface area contributed by atoms with Crippen molar-refractivity contribution in [2.45, 2.75) is 38.5 Å². The van der Waals surface area contributed by atoms with Gasteiger partial charge in [-0.2, -0.15) is 0 Å².